The summed E-state index contributed by atoms with van der Waals surface area (Å²) in [7, 11) is 0. The van der Waals surface area contributed by atoms with E-state index in [1.165, 1.54) is 6.07 Å². The molecule has 0 amide bonds. The third-order valence-electron chi connectivity index (χ3n) is 4.76. The minimum atomic E-state index is -1.18. The van der Waals surface area contributed by atoms with Crippen LogP contribution < -0.4 is 0 Å². The van der Waals surface area contributed by atoms with Gasteiger partial charge in [-0.2, -0.15) is 5.26 Å². The minimum Gasteiger partial charge on any atom is -0.366 e. The molecule has 1 fully saturated rings. The van der Waals surface area contributed by atoms with Crippen LogP contribution in [-0.2, 0) is 17.9 Å². The van der Waals surface area contributed by atoms with Gasteiger partial charge in [0.2, 0.25) is 0 Å². The normalized spacial score (nSPS) is 19.9. The predicted molar refractivity (Wildman–Crippen MR) is 95.9 cm³/mol. The standard InChI is InChI=1S/C20H17F3N4O/c21-14-3-1-13(5-15(14)22)8-27-9-16(23)19(10-27)28-11-20-25-17-4-2-12(7-24)6-18(17)26-20/h1-6,16,19H,8-11H2,(H,25,26)/t16-,19+/m1/s1. The number of rotatable bonds is 5. The Morgan fingerprint density at radius 2 is 2.04 bits per heavy atom. The second kappa shape index (κ2) is 7.62. The molecule has 0 unspecified atom stereocenters. The van der Waals surface area contributed by atoms with Crippen LogP contribution in [0, 0.1) is 23.0 Å². The number of hydrogen-bond acceptors (Lipinski definition) is 4. The quantitative estimate of drug-likeness (QED) is 0.730. The van der Waals surface area contributed by atoms with Crippen LogP contribution in [0.3, 0.4) is 0 Å². The summed E-state index contributed by atoms with van der Waals surface area (Å²) in [6.07, 6.45) is -1.81. The summed E-state index contributed by atoms with van der Waals surface area (Å²) in [6.45, 7) is 0.939. The lowest BCUT2D eigenvalue weighted by Gasteiger charge is -2.15. The highest BCUT2D eigenvalue weighted by atomic mass is 19.2. The van der Waals surface area contributed by atoms with Crippen molar-refractivity contribution in [2.45, 2.75) is 25.4 Å². The number of likely N-dealkylation sites (tertiary alicyclic amines) is 1. The van der Waals surface area contributed by atoms with Gasteiger partial charge in [-0.15, -0.1) is 0 Å². The largest absolute Gasteiger partial charge is 0.366 e. The molecule has 1 N–H and O–H groups in total. The lowest BCUT2D eigenvalue weighted by molar-refractivity contribution is 0.00863. The van der Waals surface area contributed by atoms with Crippen LogP contribution in [-0.4, -0.2) is 40.2 Å². The number of halogens is 3. The van der Waals surface area contributed by atoms with Gasteiger partial charge in [-0.25, -0.2) is 18.2 Å². The molecular formula is C20H17F3N4O. The molecule has 5 nitrogen and oxygen atoms in total. The third-order valence-corrected chi connectivity index (χ3v) is 4.76. The van der Waals surface area contributed by atoms with Crippen molar-refractivity contribution in [3.8, 4) is 6.07 Å². The van der Waals surface area contributed by atoms with Gasteiger partial charge < -0.3 is 9.72 Å². The fourth-order valence-corrected chi connectivity index (χ4v) is 3.38. The zero-order chi connectivity index (χ0) is 19.7. The van der Waals surface area contributed by atoms with E-state index >= 15 is 0 Å². The first-order valence-electron chi connectivity index (χ1n) is 8.82. The zero-order valence-electron chi connectivity index (χ0n) is 14.8. The molecule has 1 aliphatic rings. The number of aromatic nitrogens is 2. The van der Waals surface area contributed by atoms with Gasteiger partial charge in [0, 0.05) is 19.6 Å². The monoisotopic (exact) mass is 386 g/mol. The molecule has 0 spiro atoms. The highest BCUT2D eigenvalue weighted by molar-refractivity contribution is 5.76. The van der Waals surface area contributed by atoms with Gasteiger partial charge in [-0.3, -0.25) is 4.90 Å². The molecule has 2 heterocycles. The number of imidazole rings is 1. The molecule has 28 heavy (non-hydrogen) atoms. The van der Waals surface area contributed by atoms with Crippen molar-refractivity contribution < 1.29 is 17.9 Å². The Labute approximate surface area is 159 Å². The van der Waals surface area contributed by atoms with Crippen molar-refractivity contribution in [3.63, 3.8) is 0 Å². The SMILES string of the molecule is N#Cc1ccc2nc(CO[C@H]3CN(Cc4ccc(F)c(F)c4)C[C@H]3F)[nH]c2c1. The number of ether oxygens (including phenoxy) is 1. The van der Waals surface area contributed by atoms with Crippen LogP contribution in [0.5, 0.6) is 0 Å². The highest BCUT2D eigenvalue weighted by Gasteiger charge is 2.33. The molecule has 2 aromatic carbocycles. The fourth-order valence-electron chi connectivity index (χ4n) is 3.38. The van der Waals surface area contributed by atoms with Crippen LogP contribution >= 0.6 is 0 Å². The second-order valence-corrected chi connectivity index (χ2v) is 6.84. The second-order valence-electron chi connectivity index (χ2n) is 6.84. The number of benzene rings is 2. The molecule has 4 rings (SSSR count). The lowest BCUT2D eigenvalue weighted by Crippen LogP contribution is -2.24. The van der Waals surface area contributed by atoms with E-state index < -0.39 is 23.9 Å². The van der Waals surface area contributed by atoms with Crippen LogP contribution in [0.25, 0.3) is 11.0 Å². The summed E-state index contributed by atoms with van der Waals surface area (Å²) in [5.74, 6) is -1.26. The van der Waals surface area contributed by atoms with Crippen LogP contribution in [0.1, 0.15) is 17.0 Å². The zero-order valence-corrected chi connectivity index (χ0v) is 14.8. The van der Waals surface area contributed by atoms with Gasteiger partial charge in [0.1, 0.15) is 24.7 Å². The fraction of sp³-hybridized carbons (Fsp3) is 0.300. The molecule has 1 aromatic heterocycles. The molecule has 0 bridgehead atoms. The maximum atomic E-state index is 14.3. The van der Waals surface area contributed by atoms with Crippen LogP contribution in [0.2, 0.25) is 0 Å². The van der Waals surface area contributed by atoms with Crippen LogP contribution in [0.15, 0.2) is 36.4 Å². The number of nitrogens with zero attached hydrogens (tertiary/aromatic N) is 3. The minimum absolute atomic E-state index is 0.112. The van der Waals surface area contributed by atoms with E-state index in [2.05, 4.69) is 16.0 Å². The summed E-state index contributed by atoms with van der Waals surface area (Å²) in [5.41, 5.74) is 2.54. The van der Waals surface area contributed by atoms with Gasteiger partial charge in [0.05, 0.1) is 22.7 Å². The average molecular weight is 386 g/mol. The summed E-state index contributed by atoms with van der Waals surface area (Å²) < 4.78 is 46.4. The van der Waals surface area contributed by atoms with E-state index in [0.29, 0.717) is 35.6 Å². The first kappa shape index (κ1) is 18.5. The Hall–Kier alpha value is -2.89. The number of H-pyrrole nitrogens is 1. The molecular weight excluding hydrogens is 369 g/mol. The number of nitrogens with one attached hydrogen (secondary N) is 1. The van der Waals surface area contributed by atoms with Crippen molar-refractivity contribution in [1.29, 1.82) is 5.26 Å². The maximum Gasteiger partial charge on any atom is 0.159 e. The number of aromatic amines is 1. The number of nitriles is 1. The van der Waals surface area contributed by atoms with Gasteiger partial charge in [-0.05, 0) is 35.9 Å². The Balaban J connectivity index is 1.36. The Kier molecular flexibility index (Phi) is 5.03. The smallest absolute Gasteiger partial charge is 0.159 e. The molecule has 144 valence electrons. The van der Waals surface area contributed by atoms with E-state index in [1.54, 1.807) is 23.1 Å². The molecule has 0 saturated carbocycles. The molecule has 1 saturated heterocycles. The predicted octanol–water partition coefficient (Wildman–Crippen LogP) is 3.45. The van der Waals surface area contributed by atoms with Crippen molar-refractivity contribution in [3.05, 3.63) is 65.0 Å². The summed E-state index contributed by atoms with van der Waals surface area (Å²) in [5, 5.41) is 8.94. The average Bonchev–Trinajstić information content (AvgIpc) is 3.24. The Morgan fingerprint density at radius 1 is 1.18 bits per heavy atom. The van der Waals surface area contributed by atoms with E-state index in [4.69, 9.17) is 10.00 Å². The summed E-state index contributed by atoms with van der Waals surface area (Å²) in [4.78, 5) is 9.25. The number of alkyl halides is 1. The molecule has 2 atom stereocenters. The molecule has 3 aromatic rings. The number of fused-ring (bicyclic) bond motifs is 1. The number of hydrogen-bond donors (Lipinski definition) is 1. The van der Waals surface area contributed by atoms with Gasteiger partial charge in [-0.1, -0.05) is 6.07 Å². The molecule has 0 aliphatic carbocycles. The first-order valence-corrected chi connectivity index (χ1v) is 8.82. The topological polar surface area (TPSA) is 64.9 Å². The Bertz CT molecular complexity index is 1050. The third kappa shape index (κ3) is 3.86. The molecule has 0 radical (unpaired) electrons. The van der Waals surface area contributed by atoms with Gasteiger partial charge >= 0.3 is 0 Å². The first-order chi connectivity index (χ1) is 13.5. The van der Waals surface area contributed by atoms with Crippen molar-refractivity contribution in [2.75, 3.05) is 13.1 Å². The highest BCUT2D eigenvalue weighted by Crippen LogP contribution is 2.21. The lowest BCUT2D eigenvalue weighted by atomic mass is 10.2. The summed E-state index contributed by atoms with van der Waals surface area (Å²) >= 11 is 0. The van der Waals surface area contributed by atoms with Crippen molar-refractivity contribution in [1.82, 2.24) is 14.9 Å². The molecule has 8 heteroatoms. The van der Waals surface area contributed by atoms with Crippen molar-refractivity contribution >= 4 is 11.0 Å². The van der Waals surface area contributed by atoms with E-state index in [0.717, 1.165) is 17.6 Å². The maximum absolute atomic E-state index is 14.3. The van der Waals surface area contributed by atoms with E-state index in [-0.39, 0.29) is 13.2 Å². The van der Waals surface area contributed by atoms with Gasteiger partial charge in [0.15, 0.2) is 11.6 Å². The van der Waals surface area contributed by atoms with Crippen molar-refractivity contribution in [2.24, 2.45) is 0 Å². The Morgan fingerprint density at radius 3 is 2.82 bits per heavy atom. The summed E-state index contributed by atoms with van der Waals surface area (Å²) in [6, 6.07) is 10.9. The van der Waals surface area contributed by atoms with E-state index in [1.807, 2.05) is 0 Å². The van der Waals surface area contributed by atoms with Crippen LogP contribution in [0.4, 0.5) is 13.2 Å². The van der Waals surface area contributed by atoms with Gasteiger partial charge in [0.25, 0.3) is 0 Å². The molecule has 1 aliphatic heterocycles. The van der Waals surface area contributed by atoms with E-state index in [9.17, 15) is 13.2 Å².